The summed E-state index contributed by atoms with van der Waals surface area (Å²) < 4.78 is 10.4. The Kier molecular flexibility index (Phi) is 5.50. The van der Waals surface area contributed by atoms with E-state index in [1.165, 1.54) is 0 Å². The number of rotatable bonds is 6. The molecule has 0 fully saturated rings. The number of esters is 2. The molecule has 1 aromatic carbocycles. The van der Waals surface area contributed by atoms with E-state index in [0.29, 0.717) is 12.0 Å². The van der Waals surface area contributed by atoms with Gasteiger partial charge >= 0.3 is 11.9 Å². The SMILES string of the molecule is C=CC(=O)OC(C)(C)CCOC(=O)c1ccccc1C. The summed E-state index contributed by atoms with van der Waals surface area (Å²) in [6.45, 7) is 8.90. The first-order valence-electron chi connectivity index (χ1n) is 6.44. The molecule has 0 aliphatic heterocycles. The highest BCUT2D eigenvalue weighted by atomic mass is 16.6. The van der Waals surface area contributed by atoms with Gasteiger partial charge in [0.25, 0.3) is 0 Å². The summed E-state index contributed by atoms with van der Waals surface area (Å²) in [7, 11) is 0. The molecule has 0 saturated carbocycles. The molecule has 0 N–H and O–H groups in total. The van der Waals surface area contributed by atoms with Crippen LogP contribution in [0.3, 0.4) is 0 Å². The molecule has 108 valence electrons. The van der Waals surface area contributed by atoms with Crippen molar-refractivity contribution in [2.45, 2.75) is 32.8 Å². The van der Waals surface area contributed by atoms with Crippen molar-refractivity contribution in [1.82, 2.24) is 0 Å². The molecule has 0 amide bonds. The van der Waals surface area contributed by atoms with Crippen molar-refractivity contribution < 1.29 is 19.1 Å². The summed E-state index contributed by atoms with van der Waals surface area (Å²) >= 11 is 0. The van der Waals surface area contributed by atoms with E-state index in [0.717, 1.165) is 11.6 Å². The predicted octanol–water partition coefficient (Wildman–Crippen LogP) is 3.05. The van der Waals surface area contributed by atoms with Crippen molar-refractivity contribution in [2.75, 3.05) is 6.61 Å². The fourth-order valence-corrected chi connectivity index (χ4v) is 1.63. The molecule has 0 spiro atoms. The van der Waals surface area contributed by atoms with Crippen LogP contribution in [-0.2, 0) is 14.3 Å². The highest BCUT2D eigenvalue weighted by Crippen LogP contribution is 2.16. The average molecular weight is 276 g/mol. The molecule has 0 aliphatic carbocycles. The molecule has 4 heteroatoms. The predicted molar refractivity (Wildman–Crippen MR) is 76.4 cm³/mol. The van der Waals surface area contributed by atoms with Crippen LogP contribution in [0.15, 0.2) is 36.9 Å². The third kappa shape index (κ3) is 4.88. The molecular formula is C16H20O4. The molecule has 0 radical (unpaired) electrons. The standard InChI is InChI=1S/C16H20O4/c1-5-14(17)20-16(3,4)10-11-19-15(18)13-9-7-6-8-12(13)2/h5-9H,1,10-11H2,2-4H3. The molecule has 4 nitrogen and oxygen atoms in total. The number of carbonyl (C=O) groups is 2. The number of hydrogen-bond donors (Lipinski definition) is 0. The fraction of sp³-hybridized carbons (Fsp3) is 0.375. The van der Waals surface area contributed by atoms with Gasteiger partial charge in [0.1, 0.15) is 5.60 Å². The normalized spacial score (nSPS) is 10.8. The van der Waals surface area contributed by atoms with Crippen molar-refractivity contribution in [3.63, 3.8) is 0 Å². The van der Waals surface area contributed by atoms with Crippen molar-refractivity contribution >= 4 is 11.9 Å². The van der Waals surface area contributed by atoms with Crippen LogP contribution in [0, 0.1) is 6.92 Å². The fourth-order valence-electron chi connectivity index (χ4n) is 1.63. The molecule has 0 atom stereocenters. The highest BCUT2D eigenvalue weighted by molar-refractivity contribution is 5.90. The van der Waals surface area contributed by atoms with E-state index in [9.17, 15) is 9.59 Å². The summed E-state index contributed by atoms with van der Waals surface area (Å²) in [5.74, 6) is -0.853. The van der Waals surface area contributed by atoms with Crippen LogP contribution >= 0.6 is 0 Å². The number of carbonyl (C=O) groups excluding carboxylic acids is 2. The minimum absolute atomic E-state index is 0.185. The van der Waals surface area contributed by atoms with Gasteiger partial charge in [0.2, 0.25) is 0 Å². The van der Waals surface area contributed by atoms with Gasteiger partial charge in [-0.15, -0.1) is 0 Å². The van der Waals surface area contributed by atoms with Gasteiger partial charge in [-0.25, -0.2) is 9.59 Å². The van der Waals surface area contributed by atoms with Gasteiger partial charge in [-0.05, 0) is 32.4 Å². The Labute approximate surface area is 119 Å². The maximum atomic E-state index is 11.9. The van der Waals surface area contributed by atoms with Gasteiger partial charge < -0.3 is 9.47 Å². The van der Waals surface area contributed by atoms with Crippen LogP contribution in [0.2, 0.25) is 0 Å². The molecule has 0 aromatic heterocycles. The third-order valence-electron chi connectivity index (χ3n) is 2.85. The number of aryl methyl sites for hydroxylation is 1. The molecule has 0 bridgehead atoms. The van der Waals surface area contributed by atoms with Crippen LogP contribution < -0.4 is 0 Å². The lowest BCUT2D eigenvalue weighted by Crippen LogP contribution is -2.29. The number of benzene rings is 1. The Morgan fingerprint density at radius 2 is 1.95 bits per heavy atom. The van der Waals surface area contributed by atoms with E-state index < -0.39 is 11.6 Å². The third-order valence-corrected chi connectivity index (χ3v) is 2.85. The first-order chi connectivity index (χ1) is 9.35. The summed E-state index contributed by atoms with van der Waals surface area (Å²) in [4.78, 5) is 23.0. The Morgan fingerprint density at radius 1 is 1.30 bits per heavy atom. The zero-order valence-corrected chi connectivity index (χ0v) is 12.1. The van der Waals surface area contributed by atoms with Gasteiger partial charge in [0, 0.05) is 12.5 Å². The first-order valence-corrected chi connectivity index (χ1v) is 6.44. The summed E-state index contributed by atoms with van der Waals surface area (Å²) in [5, 5.41) is 0. The maximum Gasteiger partial charge on any atom is 0.338 e. The van der Waals surface area contributed by atoms with Gasteiger partial charge in [-0.2, -0.15) is 0 Å². The zero-order valence-electron chi connectivity index (χ0n) is 12.1. The second kappa shape index (κ2) is 6.89. The maximum absolute atomic E-state index is 11.9. The molecule has 0 aliphatic rings. The lowest BCUT2D eigenvalue weighted by atomic mass is 10.1. The molecule has 20 heavy (non-hydrogen) atoms. The minimum Gasteiger partial charge on any atom is -0.462 e. The van der Waals surface area contributed by atoms with E-state index in [1.54, 1.807) is 26.0 Å². The molecule has 1 aromatic rings. The van der Waals surface area contributed by atoms with Crippen LogP contribution in [0.1, 0.15) is 36.2 Å². The Hall–Kier alpha value is -2.10. The smallest absolute Gasteiger partial charge is 0.338 e. The van der Waals surface area contributed by atoms with E-state index in [1.807, 2.05) is 19.1 Å². The van der Waals surface area contributed by atoms with Crippen molar-refractivity contribution in [1.29, 1.82) is 0 Å². The Bertz CT molecular complexity index is 503. The van der Waals surface area contributed by atoms with Crippen LogP contribution in [0.4, 0.5) is 0 Å². The molecule has 0 saturated heterocycles. The monoisotopic (exact) mass is 276 g/mol. The van der Waals surface area contributed by atoms with E-state index in [-0.39, 0.29) is 12.6 Å². The quantitative estimate of drug-likeness (QED) is 0.592. The van der Waals surface area contributed by atoms with Crippen molar-refractivity contribution in [3.05, 3.63) is 48.0 Å². The van der Waals surface area contributed by atoms with Crippen LogP contribution in [-0.4, -0.2) is 24.1 Å². The van der Waals surface area contributed by atoms with Gasteiger partial charge in [0.15, 0.2) is 0 Å². The largest absolute Gasteiger partial charge is 0.462 e. The first kappa shape index (κ1) is 16.0. The lowest BCUT2D eigenvalue weighted by Gasteiger charge is -2.24. The molecule has 0 unspecified atom stereocenters. The van der Waals surface area contributed by atoms with E-state index in [2.05, 4.69) is 6.58 Å². The molecule has 1 rings (SSSR count). The zero-order chi connectivity index (χ0) is 15.2. The number of hydrogen-bond acceptors (Lipinski definition) is 4. The van der Waals surface area contributed by atoms with Crippen molar-refractivity contribution in [2.24, 2.45) is 0 Å². The van der Waals surface area contributed by atoms with E-state index >= 15 is 0 Å². The second-order valence-corrected chi connectivity index (χ2v) is 5.09. The number of ether oxygens (including phenoxy) is 2. The van der Waals surface area contributed by atoms with Gasteiger partial charge in [-0.1, -0.05) is 24.8 Å². The average Bonchev–Trinajstić information content (AvgIpc) is 2.38. The van der Waals surface area contributed by atoms with Crippen LogP contribution in [0.5, 0.6) is 0 Å². The topological polar surface area (TPSA) is 52.6 Å². The summed E-state index contributed by atoms with van der Waals surface area (Å²) in [6.07, 6.45) is 1.53. The lowest BCUT2D eigenvalue weighted by molar-refractivity contribution is -0.151. The van der Waals surface area contributed by atoms with Gasteiger partial charge in [-0.3, -0.25) is 0 Å². The summed E-state index contributed by atoms with van der Waals surface area (Å²) in [5.41, 5.74) is 0.723. The second-order valence-electron chi connectivity index (χ2n) is 5.09. The van der Waals surface area contributed by atoms with Gasteiger partial charge in [0.05, 0.1) is 12.2 Å². The Morgan fingerprint density at radius 3 is 2.55 bits per heavy atom. The summed E-state index contributed by atoms with van der Waals surface area (Å²) in [6, 6.07) is 7.23. The Balaban J connectivity index is 2.48. The molecular weight excluding hydrogens is 256 g/mol. The van der Waals surface area contributed by atoms with Crippen molar-refractivity contribution in [3.8, 4) is 0 Å². The van der Waals surface area contributed by atoms with E-state index in [4.69, 9.17) is 9.47 Å². The van der Waals surface area contributed by atoms with Crippen LogP contribution in [0.25, 0.3) is 0 Å². The highest BCUT2D eigenvalue weighted by Gasteiger charge is 2.22. The molecule has 0 heterocycles. The minimum atomic E-state index is -0.697.